The number of nitrogens with one attached hydrogen (secondary N) is 1. The van der Waals surface area contributed by atoms with Gasteiger partial charge in [-0.15, -0.1) is 6.42 Å². The van der Waals surface area contributed by atoms with Gasteiger partial charge in [0.2, 0.25) is 0 Å². The number of benzene rings is 1. The van der Waals surface area contributed by atoms with Crippen molar-refractivity contribution in [2.24, 2.45) is 0 Å². The maximum atomic E-state index is 11.7. The summed E-state index contributed by atoms with van der Waals surface area (Å²) < 4.78 is 0. The third-order valence-corrected chi connectivity index (χ3v) is 2.23. The third-order valence-electron chi connectivity index (χ3n) is 1.99. The van der Waals surface area contributed by atoms with Gasteiger partial charge in [0, 0.05) is 5.02 Å². The molecule has 2 N–H and O–H groups in total. The molecule has 0 saturated carbocycles. The van der Waals surface area contributed by atoms with E-state index < -0.39 is 11.4 Å². The van der Waals surface area contributed by atoms with Gasteiger partial charge in [-0.1, -0.05) is 17.5 Å². The lowest BCUT2D eigenvalue weighted by Crippen LogP contribution is -2.42. The summed E-state index contributed by atoms with van der Waals surface area (Å²) in [4.78, 5) is 11.7. The molecule has 0 heterocycles. The Kier molecular flexibility index (Phi) is 3.46. The minimum Gasteiger partial charge on any atom is -0.507 e. The number of halogens is 1. The Morgan fingerprint density at radius 1 is 1.56 bits per heavy atom. The van der Waals surface area contributed by atoms with Crippen molar-refractivity contribution in [3.05, 3.63) is 28.8 Å². The first kappa shape index (κ1) is 12.4. The molecule has 4 heteroatoms. The first-order valence-corrected chi connectivity index (χ1v) is 5.02. The molecule has 0 unspecified atom stereocenters. The number of phenolic OH excluding ortho intramolecular Hbond substituents is 1. The average Bonchev–Trinajstić information content (AvgIpc) is 2.16. The molecular weight excluding hydrogens is 226 g/mol. The van der Waals surface area contributed by atoms with E-state index in [1.807, 2.05) is 0 Å². The van der Waals surface area contributed by atoms with Crippen molar-refractivity contribution < 1.29 is 9.90 Å². The van der Waals surface area contributed by atoms with Crippen LogP contribution in [0.4, 0.5) is 0 Å². The van der Waals surface area contributed by atoms with E-state index in [-0.39, 0.29) is 11.3 Å². The highest BCUT2D eigenvalue weighted by Crippen LogP contribution is 2.22. The maximum Gasteiger partial charge on any atom is 0.256 e. The summed E-state index contributed by atoms with van der Waals surface area (Å²) in [5.41, 5.74) is -0.615. The van der Waals surface area contributed by atoms with E-state index in [2.05, 4.69) is 11.2 Å². The van der Waals surface area contributed by atoms with E-state index in [9.17, 15) is 9.90 Å². The highest BCUT2D eigenvalue weighted by molar-refractivity contribution is 6.30. The van der Waals surface area contributed by atoms with Crippen LogP contribution in [-0.2, 0) is 0 Å². The molecule has 1 amide bonds. The summed E-state index contributed by atoms with van der Waals surface area (Å²) in [6.45, 7) is 3.38. The quantitative estimate of drug-likeness (QED) is 0.775. The van der Waals surface area contributed by atoms with E-state index in [1.54, 1.807) is 13.8 Å². The lowest BCUT2D eigenvalue weighted by atomic mass is 10.1. The van der Waals surface area contributed by atoms with Crippen LogP contribution in [0, 0.1) is 12.3 Å². The minimum absolute atomic E-state index is 0.146. The predicted molar refractivity (Wildman–Crippen MR) is 63.5 cm³/mol. The van der Waals surface area contributed by atoms with Crippen LogP contribution in [-0.4, -0.2) is 16.6 Å². The van der Waals surface area contributed by atoms with Crippen molar-refractivity contribution in [1.29, 1.82) is 0 Å². The van der Waals surface area contributed by atoms with E-state index in [4.69, 9.17) is 18.0 Å². The van der Waals surface area contributed by atoms with Gasteiger partial charge in [0.05, 0.1) is 11.1 Å². The number of phenols is 1. The molecule has 1 rings (SSSR count). The topological polar surface area (TPSA) is 49.3 Å². The third kappa shape index (κ3) is 2.91. The molecular formula is C12H12ClNO2. The Morgan fingerprint density at radius 2 is 2.19 bits per heavy atom. The molecule has 16 heavy (non-hydrogen) atoms. The molecule has 0 aromatic heterocycles. The van der Waals surface area contributed by atoms with E-state index in [0.717, 1.165) is 0 Å². The van der Waals surface area contributed by atoms with Crippen LogP contribution in [0.3, 0.4) is 0 Å². The van der Waals surface area contributed by atoms with Gasteiger partial charge in [-0.3, -0.25) is 4.79 Å². The van der Waals surface area contributed by atoms with Gasteiger partial charge in [0.25, 0.3) is 5.91 Å². The van der Waals surface area contributed by atoms with Crippen LogP contribution < -0.4 is 5.32 Å². The summed E-state index contributed by atoms with van der Waals surface area (Å²) in [6, 6.07) is 4.28. The van der Waals surface area contributed by atoms with Gasteiger partial charge in [-0.25, -0.2) is 0 Å². The minimum atomic E-state index is -0.761. The van der Waals surface area contributed by atoms with Crippen molar-refractivity contribution in [2.45, 2.75) is 19.4 Å². The van der Waals surface area contributed by atoms with Crippen molar-refractivity contribution in [2.75, 3.05) is 0 Å². The molecule has 0 bridgehead atoms. The fraction of sp³-hybridized carbons (Fsp3) is 0.250. The van der Waals surface area contributed by atoms with Gasteiger partial charge >= 0.3 is 0 Å². The zero-order valence-electron chi connectivity index (χ0n) is 9.04. The van der Waals surface area contributed by atoms with Gasteiger partial charge in [-0.2, -0.15) is 0 Å². The molecule has 84 valence electrons. The number of aromatic hydroxyl groups is 1. The van der Waals surface area contributed by atoms with E-state index in [1.165, 1.54) is 18.2 Å². The van der Waals surface area contributed by atoms with E-state index in [0.29, 0.717) is 5.02 Å². The molecule has 0 radical (unpaired) electrons. The van der Waals surface area contributed by atoms with Crippen LogP contribution in [0.5, 0.6) is 5.75 Å². The van der Waals surface area contributed by atoms with Crippen molar-refractivity contribution in [1.82, 2.24) is 5.32 Å². The highest BCUT2D eigenvalue weighted by atomic mass is 35.5. The second kappa shape index (κ2) is 4.46. The van der Waals surface area contributed by atoms with Crippen molar-refractivity contribution in [3.8, 4) is 18.1 Å². The molecule has 0 spiro atoms. The number of carbonyl (C=O) groups is 1. The number of hydrogen-bond donors (Lipinski definition) is 2. The number of hydrogen-bond acceptors (Lipinski definition) is 2. The van der Waals surface area contributed by atoms with Crippen molar-refractivity contribution >= 4 is 17.5 Å². The molecule has 0 saturated heterocycles. The molecule has 0 aliphatic heterocycles. The van der Waals surface area contributed by atoms with Crippen LogP contribution in [0.2, 0.25) is 5.02 Å². The molecule has 0 fully saturated rings. The normalized spacial score (nSPS) is 10.6. The summed E-state index contributed by atoms with van der Waals surface area (Å²) in [7, 11) is 0. The lowest BCUT2D eigenvalue weighted by Gasteiger charge is -2.19. The molecule has 0 atom stereocenters. The second-order valence-electron chi connectivity index (χ2n) is 3.88. The van der Waals surface area contributed by atoms with Crippen LogP contribution in [0.15, 0.2) is 18.2 Å². The van der Waals surface area contributed by atoms with Crippen LogP contribution >= 0.6 is 11.6 Å². The first-order valence-electron chi connectivity index (χ1n) is 4.64. The molecule has 3 nitrogen and oxygen atoms in total. The summed E-state index contributed by atoms with van der Waals surface area (Å²) in [6.07, 6.45) is 5.25. The Morgan fingerprint density at radius 3 is 2.69 bits per heavy atom. The number of terminal acetylenes is 1. The number of amides is 1. The Bertz CT molecular complexity index is 461. The zero-order valence-corrected chi connectivity index (χ0v) is 9.80. The first-order chi connectivity index (χ1) is 7.35. The fourth-order valence-electron chi connectivity index (χ4n) is 1.08. The van der Waals surface area contributed by atoms with Crippen LogP contribution in [0.25, 0.3) is 0 Å². The standard InChI is InChI=1S/C12H12ClNO2/c1-4-12(2,3)14-11(16)9-6-5-8(13)7-10(9)15/h1,5-7,15H,2-3H3,(H,14,16). The summed E-state index contributed by atoms with van der Waals surface area (Å²) in [5.74, 6) is 1.83. The Hall–Kier alpha value is -1.66. The lowest BCUT2D eigenvalue weighted by molar-refractivity contribution is 0.0927. The molecule has 1 aromatic rings. The number of carbonyl (C=O) groups excluding carboxylic acids is 1. The average molecular weight is 238 g/mol. The van der Waals surface area contributed by atoms with Gasteiger partial charge in [-0.05, 0) is 32.0 Å². The van der Waals surface area contributed by atoms with Crippen molar-refractivity contribution in [3.63, 3.8) is 0 Å². The smallest absolute Gasteiger partial charge is 0.256 e. The van der Waals surface area contributed by atoms with Crippen LogP contribution in [0.1, 0.15) is 24.2 Å². The predicted octanol–water partition coefficient (Wildman–Crippen LogP) is 2.19. The Balaban J connectivity index is 2.95. The van der Waals surface area contributed by atoms with Gasteiger partial charge < -0.3 is 10.4 Å². The fourth-order valence-corrected chi connectivity index (χ4v) is 1.25. The van der Waals surface area contributed by atoms with Gasteiger partial charge in [0.15, 0.2) is 0 Å². The zero-order chi connectivity index (χ0) is 12.3. The molecule has 0 aliphatic rings. The summed E-state index contributed by atoms with van der Waals surface area (Å²) in [5, 5.41) is 12.5. The number of rotatable bonds is 2. The second-order valence-corrected chi connectivity index (χ2v) is 4.32. The SMILES string of the molecule is C#CC(C)(C)NC(=O)c1ccc(Cl)cc1O. The maximum absolute atomic E-state index is 11.7. The Labute approximate surface area is 99.4 Å². The summed E-state index contributed by atoms with van der Waals surface area (Å²) >= 11 is 5.66. The van der Waals surface area contributed by atoms with E-state index >= 15 is 0 Å². The molecule has 1 aromatic carbocycles. The highest BCUT2D eigenvalue weighted by Gasteiger charge is 2.20. The molecule has 0 aliphatic carbocycles. The van der Waals surface area contributed by atoms with Gasteiger partial charge in [0.1, 0.15) is 5.75 Å². The monoisotopic (exact) mass is 237 g/mol. The largest absolute Gasteiger partial charge is 0.507 e.